The van der Waals surface area contributed by atoms with Crippen LogP contribution < -0.4 is 0 Å². The van der Waals surface area contributed by atoms with Crippen LogP contribution in [0.1, 0.15) is 38.3 Å². The third-order valence-corrected chi connectivity index (χ3v) is 4.14. The molecule has 0 aliphatic rings. The van der Waals surface area contributed by atoms with Crippen molar-refractivity contribution < 1.29 is 19.4 Å². The molecule has 0 aliphatic carbocycles. The van der Waals surface area contributed by atoms with Gasteiger partial charge < -0.3 is 14.8 Å². The molecule has 0 aliphatic heterocycles. The number of aryl methyl sites for hydroxylation is 1. The van der Waals surface area contributed by atoms with E-state index in [1.807, 2.05) is 25.1 Å². The summed E-state index contributed by atoms with van der Waals surface area (Å²) in [6, 6.07) is 6.06. The van der Waals surface area contributed by atoms with Gasteiger partial charge in [-0.2, -0.15) is 0 Å². The Hall–Kier alpha value is -2.30. The maximum atomic E-state index is 12.1. The van der Waals surface area contributed by atoms with Crippen molar-refractivity contribution in [1.82, 2.24) is 4.98 Å². The Morgan fingerprint density at radius 1 is 1.30 bits per heavy atom. The standard InChI is InChI=1S/C18H23NO4/c1-4-11(3)23-18(22)15(17(20)21)9-13-10-19-16-7-6-12(5-2)8-14(13)16/h6-8,10-11,15,19H,4-5,9H2,1-3H3,(H,20,21). The number of hydrogen-bond donors (Lipinski definition) is 2. The number of H-pyrrole nitrogens is 1. The lowest BCUT2D eigenvalue weighted by atomic mass is 9.98. The van der Waals surface area contributed by atoms with Gasteiger partial charge in [-0.05, 0) is 49.4 Å². The molecule has 23 heavy (non-hydrogen) atoms. The van der Waals surface area contributed by atoms with Gasteiger partial charge in [-0.25, -0.2) is 0 Å². The molecule has 1 heterocycles. The summed E-state index contributed by atoms with van der Waals surface area (Å²) in [5.74, 6) is -3.01. The lowest BCUT2D eigenvalue weighted by Gasteiger charge is -2.15. The van der Waals surface area contributed by atoms with Crippen LogP contribution in [0.4, 0.5) is 0 Å². The number of esters is 1. The fourth-order valence-electron chi connectivity index (χ4n) is 2.47. The largest absolute Gasteiger partial charge is 0.481 e. The van der Waals surface area contributed by atoms with Crippen molar-refractivity contribution in [2.45, 2.75) is 46.1 Å². The molecule has 2 atom stereocenters. The Balaban J connectivity index is 2.26. The fourth-order valence-corrected chi connectivity index (χ4v) is 2.47. The molecular formula is C18H23NO4. The van der Waals surface area contributed by atoms with Gasteiger partial charge in [0, 0.05) is 17.1 Å². The highest BCUT2D eigenvalue weighted by atomic mass is 16.5. The summed E-state index contributed by atoms with van der Waals surface area (Å²) in [5, 5.41) is 10.4. The van der Waals surface area contributed by atoms with Crippen LogP contribution in [0.3, 0.4) is 0 Å². The van der Waals surface area contributed by atoms with Crippen LogP contribution in [0.2, 0.25) is 0 Å². The first-order valence-electron chi connectivity index (χ1n) is 7.98. The maximum Gasteiger partial charge on any atom is 0.320 e. The van der Waals surface area contributed by atoms with E-state index >= 15 is 0 Å². The number of aliphatic carboxylic acids is 1. The first-order chi connectivity index (χ1) is 11.0. The summed E-state index contributed by atoms with van der Waals surface area (Å²) in [6.07, 6.45) is 3.18. The summed E-state index contributed by atoms with van der Waals surface area (Å²) in [4.78, 5) is 26.7. The normalized spacial score (nSPS) is 13.7. The minimum atomic E-state index is -1.19. The monoisotopic (exact) mass is 317 g/mol. The van der Waals surface area contributed by atoms with Crippen LogP contribution in [0.15, 0.2) is 24.4 Å². The number of carbonyl (C=O) groups is 2. The number of carboxylic acid groups (broad SMARTS) is 1. The van der Waals surface area contributed by atoms with Gasteiger partial charge in [0.2, 0.25) is 0 Å². The molecule has 0 saturated carbocycles. The Morgan fingerprint density at radius 3 is 2.65 bits per heavy atom. The highest BCUT2D eigenvalue weighted by Gasteiger charge is 2.30. The van der Waals surface area contributed by atoms with Crippen molar-refractivity contribution in [3.8, 4) is 0 Å². The highest BCUT2D eigenvalue weighted by Crippen LogP contribution is 2.23. The molecular weight excluding hydrogens is 294 g/mol. The van der Waals surface area contributed by atoms with Gasteiger partial charge in [0.25, 0.3) is 0 Å². The first-order valence-corrected chi connectivity index (χ1v) is 7.98. The molecule has 2 N–H and O–H groups in total. The van der Waals surface area contributed by atoms with Gasteiger partial charge in [-0.15, -0.1) is 0 Å². The van der Waals surface area contributed by atoms with E-state index in [0.717, 1.165) is 22.9 Å². The summed E-state index contributed by atoms with van der Waals surface area (Å²) < 4.78 is 5.20. The van der Waals surface area contributed by atoms with Gasteiger partial charge in [0.15, 0.2) is 5.92 Å². The van der Waals surface area contributed by atoms with Gasteiger partial charge in [-0.3, -0.25) is 9.59 Å². The molecule has 0 saturated heterocycles. The van der Waals surface area contributed by atoms with E-state index in [1.165, 1.54) is 5.56 Å². The lowest BCUT2D eigenvalue weighted by Crippen LogP contribution is -2.30. The van der Waals surface area contributed by atoms with Crippen LogP contribution in [-0.4, -0.2) is 28.1 Å². The Morgan fingerprint density at radius 2 is 2.04 bits per heavy atom. The number of benzene rings is 1. The van der Waals surface area contributed by atoms with Gasteiger partial charge in [0.05, 0.1) is 6.10 Å². The molecule has 0 bridgehead atoms. The van der Waals surface area contributed by atoms with Crippen molar-refractivity contribution in [2.75, 3.05) is 0 Å². The second kappa shape index (κ2) is 7.31. The first kappa shape index (κ1) is 17.1. The van der Waals surface area contributed by atoms with Crippen LogP contribution in [0.5, 0.6) is 0 Å². The van der Waals surface area contributed by atoms with Gasteiger partial charge >= 0.3 is 11.9 Å². The SMILES string of the molecule is CCc1ccc2[nH]cc(CC(C(=O)O)C(=O)OC(C)CC)c2c1. The molecule has 2 rings (SSSR count). The number of aromatic amines is 1. The topological polar surface area (TPSA) is 79.4 Å². The van der Waals surface area contributed by atoms with E-state index in [-0.39, 0.29) is 12.5 Å². The number of rotatable bonds is 7. The van der Waals surface area contributed by atoms with E-state index < -0.39 is 17.9 Å². The van der Waals surface area contributed by atoms with Crippen LogP contribution in [0, 0.1) is 5.92 Å². The molecule has 5 heteroatoms. The summed E-state index contributed by atoms with van der Waals surface area (Å²) in [7, 11) is 0. The van der Waals surface area contributed by atoms with E-state index in [0.29, 0.717) is 6.42 Å². The maximum absolute atomic E-state index is 12.1. The molecule has 0 radical (unpaired) electrons. The molecule has 2 unspecified atom stereocenters. The second-order valence-corrected chi connectivity index (χ2v) is 5.80. The van der Waals surface area contributed by atoms with E-state index in [2.05, 4.69) is 11.9 Å². The molecule has 1 aromatic heterocycles. The quantitative estimate of drug-likeness (QED) is 0.606. The van der Waals surface area contributed by atoms with Gasteiger partial charge in [0.1, 0.15) is 0 Å². The van der Waals surface area contributed by atoms with Crippen molar-refractivity contribution in [3.05, 3.63) is 35.5 Å². The number of fused-ring (bicyclic) bond motifs is 1. The molecule has 0 fully saturated rings. The summed E-state index contributed by atoms with van der Waals surface area (Å²) in [5.41, 5.74) is 2.94. The Bertz CT molecular complexity index is 704. The zero-order chi connectivity index (χ0) is 17.0. The van der Waals surface area contributed by atoms with Crippen molar-refractivity contribution >= 4 is 22.8 Å². The fraction of sp³-hybridized carbons (Fsp3) is 0.444. The number of carbonyl (C=O) groups excluding carboxylic acids is 1. The molecule has 2 aromatic rings. The number of nitrogens with one attached hydrogen (secondary N) is 1. The van der Waals surface area contributed by atoms with Gasteiger partial charge in [-0.1, -0.05) is 19.9 Å². The number of ether oxygens (including phenoxy) is 1. The average Bonchev–Trinajstić information content (AvgIpc) is 2.93. The third-order valence-electron chi connectivity index (χ3n) is 4.14. The lowest BCUT2D eigenvalue weighted by molar-refractivity contribution is -0.161. The van der Waals surface area contributed by atoms with Crippen molar-refractivity contribution in [3.63, 3.8) is 0 Å². The highest BCUT2D eigenvalue weighted by molar-refractivity contribution is 5.95. The predicted molar refractivity (Wildman–Crippen MR) is 88.4 cm³/mol. The third kappa shape index (κ3) is 3.92. The Kier molecular flexibility index (Phi) is 5.42. The van der Waals surface area contributed by atoms with Crippen molar-refractivity contribution in [2.24, 2.45) is 5.92 Å². The molecule has 0 amide bonds. The van der Waals surface area contributed by atoms with Crippen LogP contribution in [0.25, 0.3) is 10.9 Å². The molecule has 124 valence electrons. The number of hydrogen-bond acceptors (Lipinski definition) is 3. The molecule has 1 aromatic carbocycles. The Labute approximate surface area is 135 Å². The van der Waals surface area contributed by atoms with E-state index in [9.17, 15) is 14.7 Å². The molecule has 5 nitrogen and oxygen atoms in total. The van der Waals surface area contributed by atoms with Crippen LogP contribution in [-0.2, 0) is 27.2 Å². The average molecular weight is 317 g/mol. The minimum absolute atomic E-state index is 0.123. The number of aromatic nitrogens is 1. The van der Waals surface area contributed by atoms with Crippen LogP contribution >= 0.6 is 0 Å². The predicted octanol–water partition coefficient (Wildman–Crippen LogP) is 3.32. The zero-order valence-electron chi connectivity index (χ0n) is 13.8. The minimum Gasteiger partial charge on any atom is -0.481 e. The summed E-state index contributed by atoms with van der Waals surface area (Å²) >= 11 is 0. The smallest absolute Gasteiger partial charge is 0.320 e. The van der Waals surface area contributed by atoms with E-state index in [4.69, 9.17) is 4.74 Å². The van der Waals surface area contributed by atoms with Crippen molar-refractivity contribution in [1.29, 1.82) is 0 Å². The second-order valence-electron chi connectivity index (χ2n) is 5.80. The molecule has 0 spiro atoms. The zero-order valence-corrected chi connectivity index (χ0v) is 13.8. The number of carboxylic acids is 1. The summed E-state index contributed by atoms with van der Waals surface area (Å²) in [6.45, 7) is 5.72. The van der Waals surface area contributed by atoms with E-state index in [1.54, 1.807) is 13.1 Å².